The first-order valence-electron chi connectivity index (χ1n) is 12.5. The van der Waals surface area contributed by atoms with Gasteiger partial charge in [-0.2, -0.15) is 0 Å². The van der Waals surface area contributed by atoms with E-state index < -0.39 is 12.4 Å². The van der Waals surface area contributed by atoms with Crippen LogP contribution < -0.4 is 5.32 Å². The third-order valence-corrected chi connectivity index (χ3v) is 7.01. The minimum atomic E-state index is -0.592. The van der Waals surface area contributed by atoms with Crippen molar-refractivity contribution in [2.75, 3.05) is 31.6 Å². The van der Waals surface area contributed by atoms with E-state index in [9.17, 15) is 15.0 Å². The smallest absolute Gasteiger partial charge is 0.411 e. The number of aliphatic hydroxyl groups excluding tert-OH is 2. The van der Waals surface area contributed by atoms with Crippen molar-refractivity contribution in [2.45, 2.75) is 50.9 Å². The molecule has 2 aliphatic rings. The van der Waals surface area contributed by atoms with Gasteiger partial charge >= 0.3 is 6.09 Å². The molecule has 2 aromatic rings. The quantitative estimate of drug-likeness (QED) is 0.448. The van der Waals surface area contributed by atoms with Crippen molar-refractivity contribution in [3.8, 4) is 0 Å². The van der Waals surface area contributed by atoms with Gasteiger partial charge < -0.3 is 24.4 Å². The summed E-state index contributed by atoms with van der Waals surface area (Å²) in [5.74, 6) is 0.0711. The molecule has 0 spiro atoms. The number of ether oxygens (including phenoxy) is 3. The molecule has 2 saturated heterocycles. The molecule has 0 radical (unpaired) electrons. The standard InChI is InChI=1S/C28H36N2O6/c1-3-15-34-28(33)29-23-12-10-22(11-13-23)27-35-25(16-30-14-4-5-24(30)18-32)19(2)26(36-27)21-8-6-20(17-31)7-9-21/h3,6-13,19,24-27,31-32H,1,4-5,14-18H2,2H3,(H,29,33)/t19-,24-,25+,26+,27+/m0/s1. The molecular weight excluding hydrogens is 460 g/mol. The van der Waals surface area contributed by atoms with E-state index in [1.54, 1.807) is 12.1 Å². The molecule has 3 N–H and O–H groups in total. The van der Waals surface area contributed by atoms with Gasteiger partial charge in [0.05, 0.1) is 25.4 Å². The van der Waals surface area contributed by atoms with Gasteiger partial charge in [-0.25, -0.2) is 4.79 Å². The number of hydrogen-bond acceptors (Lipinski definition) is 7. The van der Waals surface area contributed by atoms with E-state index in [2.05, 4.69) is 23.7 Å². The number of benzene rings is 2. The summed E-state index contributed by atoms with van der Waals surface area (Å²) < 4.78 is 18.0. The van der Waals surface area contributed by atoms with Gasteiger partial charge in [-0.1, -0.05) is 56.0 Å². The van der Waals surface area contributed by atoms with Crippen LogP contribution in [-0.2, 0) is 20.8 Å². The first kappa shape index (κ1) is 26.3. The topological polar surface area (TPSA) is 100 Å². The number of carbonyl (C=O) groups is 1. The van der Waals surface area contributed by atoms with Gasteiger partial charge in [0.1, 0.15) is 6.61 Å². The number of hydrogen-bond donors (Lipinski definition) is 3. The number of anilines is 1. The van der Waals surface area contributed by atoms with Crippen LogP contribution in [0.5, 0.6) is 0 Å². The molecule has 2 aromatic carbocycles. The van der Waals surface area contributed by atoms with E-state index in [0.717, 1.165) is 36.1 Å². The van der Waals surface area contributed by atoms with Crippen molar-refractivity contribution >= 4 is 11.8 Å². The number of carbonyl (C=O) groups excluding carboxylic acids is 1. The minimum absolute atomic E-state index is 0.00522. The van der Waals surface area contributed by atoms with Gasteiger partial charge in [0.15, 0.2) is 6.29 Å². The lowest BCUT2D eigenvalue weighted by molar-refractivity contribution is -0.276. The summed E-state index contributed by atoms with van der Waals surface area (Å²) in [6.45, 7) is 7.61. The predicted octanol–water partition coefficient (Wildman–Crippen LogP) is 4.16. The highest BCUT2D eigenvalue weighted by Crippen LogP contribution is 2.42. The third kappa shape index (κ3) is 6.32. The highest BCUT2D eigenvalue weighted by molar-refractivity contribution is 5.84. The molecule has 1 amide bonds. The molecule has 5 atom stereocenters. The van der Waals surface area contributed by atoms with Crippen molar-refractivity contribution in [1.82, 2.24) is 4.90 Å². The van der Waals surface area contributed by atoms with Crippen LogP contribution in [-0.4, -0.2) is 59.7 Å². The zero-order chi connectivity index (χ0) is 25.5. The van der Waals surface area contributed by atoms with Crippen molar-refractivity contribution in [2.24, 2.45) is 5.92 Å². The highest BCUT2D eigenvalue weighted by Gasteiger charge is 2.40. The van der Waals surface area contributed by atoms with Gasteiger partial charge in [-0.15, -0.1) is 0 Å². The van der Waals surface area contributed by atoms with Crippen LogP contribution in [0.2, 0.25) is 0 Å². The van der Waals surface area contributed by atoms with Crippen molar-refractivity contribution in [1.29, 1.82) is 0 Å². The van der Waals surface area contributed by atoms with Crippen LogP contribution in [0.15, 0.2) is 61.2 Å². The molecule has 8 nitrogen and oxygen atoms in total. The number of nitrogens with zero attached hydrogens (tertiary/aromatic N) is 1. The second-order valence-electron chi connectivity index (χ2n) is 9.43. The lowest BCUT2D eigenvalue weighted by Gasteiger charge is -2.43. The third-order valence-electron chi connectivity index (χ3n) is 7.01. The van der Waals surface area contributed by atoms with E-state index in [1.807, 2.05) is 36.4 Å². The molecule has 36 heavy (non-hydrogen) atoms. The predicted molar refractivity (Wildman–Crippen MR) is 136 cm³/mol. The summed E-state index contributed by atoms with van der Waals surface area (Å²) in [7, 11) is 0. The number of rotatable bonds is 9. The van der Waals surface area contributed by atoms with Crippen LogP contribution in [0.4, 0.5) is 10.5 Å². The molecule has 8 heteroatoms. The van der Waals surface area contributed by atoms with Crippen LogP contribution in [0, 0.1) is 5.92 Å². The van der Waals surface area contributed by atoms with E-state index >= 15 is 0 Å². The summed E-state index contributed by atoms with van der Waals surface area (Å²) in [5, 5.41) is 21.9. The molecule has 0 unspecified atom stereocenters. The lowest BCUT2D eigenvalue weighted by Crippen LogP contribution is -2.46. The normalized spacial score (nSPS) is 26.5. The summed E-state index contributed by atoms with van der Waals surface area (Å²) >= 11 is 0. The first-order valence-corrected chi connectivity index (χ1v) is 12.5. The molecule has 2 fully saturated rings. The average molecular weight is 497 g/mol. The maximum atomic E-state index is 11.8. The molecular formula is C28H36N2O6. The molecule has 0 aliphatic carbocycles. The number of aliphatic hydroxyl groups is 2. The lowest BCUT2D eigenvalue weighted by atomic mass is 9.90. The molecule has 4 rings (SSSR count). The number of amides is 1. The molecule has 2 aliphatic heterocycles. The van der Waals surface area contributed by atoms with E-state index in [-0.39, 0.29) is 44.0 Å². The average Bonchev–Trinajstić information content (AvgIpc) is 3.36. The van der Waals surface area contributed by atoms with Gasteiger partial charge in [0, 0.05) is 29.8 Å². The van der Waals surface area contributed by atoms with Crippen LogP contribution in [0.1, 0.15) is 48.8 Å². The summed E-state index contributed by atoms with van der Waals surface area (Å²) in [4.78, 5) is 14.1. The fourth-order valence-electron chi connectivity index (χ4n) is 4.91. The van der Waals surface area contributed by atoms with Crippen molar-refractivity contribution in [3.05, 3.63) is 77.9 Å². The molecule has 0 saturated carbocycles. The Morgan fingerprint density at radius 2 is 1.86 bits per heavy atom. The molecule has 2 heterocycles. The second kappa shape index (κ2) is 12.5. The largest absolute Gasteiger partial charge is 0.445 e. The SMILES string of the molecule is C=CCOC(=O)Nc1ccc([C@@H]2O[C@H](CN3CCC[C@H]3CO)[C@H](C)[C@H](c3ccc(CO)cc3)O2)cc1. The van der Waals surface area contributed by atoms with Crippen LogP contribution in [0.25, 0.3) is 0 Å². The van der Waals surface area contributed by atoms with Crippen molar-refractivity contribution in [3.63, 3.8) is 0 Å². The van der Waals surface area contributed by atoms with E-state index in [0.29, 0.717) is 12.2 Å². The second-order valence-corrected chi connectivity index (χ2v) is 9.43. The Kier molecular flexibility index (Phi) is 9.12. The van der Waals surface area contributed by atoms with E-state index in [1.165, 1.54) is 6.08 Å². The monoisotopic (exact) mass is 496 g/mol. The first-order chi connectivity index (χ1) is 17.5. The summed E-state index contributed by atoms with van der Waals surface area (Å²) in [5.41, 5.74) is 3.33. The Bertz CT molecular complexity index is 996. The minimum Gasteiger partial charge on any atom is -0.445 e. The maximum absolute atomic E-state index is 11.8. The summed E-state index contributed by atoms with van der Waals surface area (Å²) in [6, 6.07) is 15.3. The fraction of sp³-hybridized carbons (Fsp3) is 0.464. The van der Waals surface area contributed by atoms with Crippen molar-refractivity contribution < 1.29 is 29.2 Å². The Morgan fingerprint density at radius 1 is 1.14 bits per heavy atom. The Morgan fingerprint density at radius 3 is 2.53 bits per heavy atom. The van der Waals surface area contributed by atoms with E-state index in [4.69, 9.17) is 14.2 Å². The number of nitrogens with one attached hydrogen (secondary N) is 1. The molecule has 0 bridgehead atoms. The maximum Gasteiger partial charge on any atom is 0.411 e. The zero-order valence-corrected chi connectivity index (χ0v) is 20.7. The zero-order valence-electron chi connectivity index (χ0n) is 20.7. The van der Waals surface area contributed by atoms with Crippen LogP contribution in [0.3, 0.4) is 0 Å². The van der Waals surface area contributed by atoms with Crippen LogP contribution >= 0.6 is 0 Å². The summed E-state index contributed by atoms with van der Waals surface area (Å²) in [6.07, 6.45) is 2.13. The van der Waals surface area contributed by atoms with Gasteiger partial charge in [0.2, 0.25) is 0 Å². The highest BCUT2D eigenvalue weighted by atomic mass is 16.7. The molecule has 0 aromatic heterocycles. The van der Waals surface area contributed by atoms with Gasteiger partial charge in [0.25, 0.3) is 0 Å². The fourth-order valence-corrected chi connectivity index (χ4v) is 4.91. The molecule has 194 valence electrons. The Hall–Kier alpha value is -2.75. The van der Waals surface area contributed by atoms with Gasteiger partial charge in [-0.3, -0.25) is 10.2 Å². The Balaban J connectivity index is 1.53. The number of likely N-dealkylation sites (tertiary alicyclic amines) is 1. The Labute approximate surface area is 212 Å². The van der Waals surface area contributed by atoms with Gasteiger partial charge in [-0.05, 0) is 42.6 Å².